The molecule has 0 saturated carbocycles. The number of hydrogen-bond donors (Lipinski definition) is 1. The summed E-state index contributed by atoms with van der Waals surface area (Å²) in [6.45, 7) is 6.06. The fourth-order valence-electron chi connectivity index (χ4n) is 2.41. The van der Waals surface area contributed by atoms with Crippen LogP contribution in [0.3, 0.4) is 0 Å². The van der Waals surface area contributed by atoms with Gasteiger partial charge in [0.15, 0.2) is 11.5 Å². The van der Waals surface area contributed by atoms with Crippen LogP contribution in [0, 0.1) is 0 Å². The van der Waals surface area contributed by atoms with Crippen molar-refractivity contribution in [2.24, 2.45) is 0 Å². The monoisotopic (exact) mass is 279 g/mol. The molecule has 1 heterocycles. The van der Waals surface area contributed by atoms with E-state index in [4.69, 9.17) is 14.6 Å². The summed E-state index contributed by atoms with van der Waals surface area (Å²) in [7, 11) is 2.14. The van der Waals surface area contributed by atoms with Gasteiger partial charge in [0.1, 0.15) is 0 Å². The van der Waals surface area contributed by atoms with Crippen molar-refractivity contribution in [3.05, 3.63) is 23.8 Å². The first-order chi connectivity index (χ1) is 9.55. The lowest BCUT2D eigenvalue weighted by Crippen LogP contribution is -2.39. The van der Waals surface area contributed by atoms with Crippen LogP contribution in [0.1, 0.15) is 38.7 Å². The molecule has 4 heteroatoms. The predicted molar refractivity (Wildman–Crippen MR) is 79.2 cm³/mol. The van der Waals surface area contributed by atoms with Crippen LogP contribution < -0.4 is 9.47 Å². The molecule has 1 aliphatic heterocycles. The lowest BCUT2D eigenvalue weighted by Gasteiger charge is -2.36. The number of aliphatic hydroxyl groups excluding tert-OH is 1. The molecule has 1 aromatic carbocycles. The maximum atomic E-state index is 8.82. The summed E-state index contributed by atoms with van der Waals surface area (Å²) in [5, 5.41) is 8.82. The molecule has 0 unspecified atom stereocenters. The van der Waals surface area contributed by atoms with Crippen molar-refractivity contribution in [1.29, 1.82) is 0 Å². The Morgan fingerprint density at radius 3 is 2.65 bits per heavy atom. The van der Waals surface area contributed by atoms with Gasteiger partial charge in [-0.25, -0.2) is 0 Å². The molecule has 0 amide bonds. The molecule has 112 valence electrons. The molecule has 1 aliphatic rings. The van der Waals surface area contributed by atoms with E-state index >= 15 is 0 Å². The summed E-state index contributed by atoms with van der Waals surface area (Å²) in [6, 6.07) is 6.17. The first-order valence-electron chi connectivity index (χ1n) is 7.28. The zero-order valence-corrected chi connectivity index (χ0v) is 12.7. The summed E-state index contributed by atoms with van der Waals surface area (Å²) in [4.78, 5) is 2.35. The Morgan fingerprint density at radius 1 is 1.15 bits per heavy atom. The van der Waals surface area contributed by atoms with Crippen LogP contribution in [0.2, 0.25) is 0 Å². The van der Waals surface area contributed by atoms with Gasteiger partial charge in [0.2, 0.25) is 6.79 Å². The molecule has 1 N–H and O–H groups in total. The number of aliphatic hydroxyl groups is 1. The maximum Gasteiger partial charge on any atom is 0.231 e. The van der Waals surface area contributed by atoms with Gasteiger partial charge in [-0.05, 0) is 64.4 Å². The molecule has 0 saturated heterocycles. The average Bonchev–Trinajstić information content (AvgIpc) is 2.90. The first kappa shape index (κ1) is 15.1. The number of hydrogen-bond acceptors (Lipinski definition) is 4. The van der Waals surface area contributed by atoms with Gasteiger partial charge >= 0.3 is 0 Å². The van der Waals surface area contributed by atoms with Crippen molar-refractivity contribution < 1.29 is 14.6 Å². The number of unbranched alkanes of at least 4 members (excludes halogenated alkanes) is 2. The van der Waals surface area contributed by atoms with E-state index in [0.29, 0.717) is 6.79 Å². The highest BCUT2D eigenvalue weighted by Gasteiger charge is 2.27. The van der Waals surface area contributed by atoms with Gasteiger partial charge in [-0.15, -0.1) is 0 Å². The van der Waals surface area contributed by atoms with Crippen molar-refractivity contribution in [2.45, 2.75) is 38.6 Å². The standard InChI is InChI=1S/C16H25NO3/c1-16(2,17(3)9-5-4-6-10-18)13-7-8-14-15(11-13)20-12-19-14/h7-8,11,18H,4-6,9-10,12H2,1-3H3. The van der Waals surface area contributed by atoms with Crippen molar-refractivity contribution >= 4 is 0 Å². The normalized spacial score (nSPS) is 14.1. The van der Waals surface area contributed by atoms with Gasteiger partial charge < -0.3 is 14.6 Å². The quantitative estimate of drug-likeness (QED) is 0.779. The third kappa shape index (κ3) is 3.25. The molecule has 0 radical (unpaired) electrons. The summed E-state index contributed by atoms with van der Waals surface area (Å²) in [5.74, 6) is 1.67. The maximum absolute atomic E-state index is 8.82. The Balaban J connectivity index is 2.01. The fraction of sp³-hybridized carbons (Fsp3) is 0.625. The van der Waals surface area contributed by atoms with E-state index in [9.17, 15) is 0 Å². The molecular weight excluding hydrogens is 254 g/mol. The fourth-order valence-corrected chi connectivity index (χ4v) is 2.41. The minimum Gasteiger partial charge on any atom is -0.454 e. The van der Waals surface area contributed by atoms with Crippen molar-refractivity contribution in [3.8, 4) is 11.5 Å². The highest BCUT2D eigenvalue weighted by molar-refractivity contribution is 5.46. The van der Waals surface area contributed by atoms with Crippen LogP contribution in [-0.2, 0) is 5.54 Å². The van der Waals surface area contributed by atoms with Crippen LogP contribution in [0.15, 0.2) is 18.2 Å². The molecule has 20 heavy (non-hydrogen) atoms. The molecule has 1 aromatic rings. The van der Waals surface area contributed by atoms with Crippen LogP contribution in [0.25, 0.3) is 0 Å². The minimum atomic E-state index is -0.0554. The zero-order valence-electron chi connectivity index (χ0n) is 12.7. The largest absolute Gasteiger partial charge is 0.454 e. The summed E-state index contributed by atoms with van der Waals surface area (Å²) < 4.78 is 10.8. The van der Waals surface area contributed by atoms with E-state index in [2.05, 4.69) is 37.9 Å². The molecule has 0 fully saturated rings. The first-order valence-corrected chi connectivity index (χ1v) is 7.28. The topological polar surface area (TPSA) is 41.9 Å². The van der Waals surface area contributed by atoms with E-state index in [1.807, 2.05) is 6.07 Å². The van der Waals surface area contributed by atoms with Crippen molar-refractivity contribution in [3.63, 3.8) is 0 Å². The Kier molecular flexibility index (Phi) is 4.89. The SMILES string of the molecule is CN(CCCCCO)C(C)(C)c1ccc2c(c1)OCO2. The number of rotatable bonds is 7. The van der Waals surface area contributed by atoms with E-state index in [0.717, 1.165) is 37.3 Å². The zero-order chi connectivity index (χ0) is 14.6. The smallest absolute Gasteiger partial charge is 0.231 e. The van der Waals surface area contributed by atoms with Gasteiger partial charge in [0.05, 0.1) is 0 Å². The summed E-state index contributed by atoms with van der Waals surface area (Å²) in [6.07, 6.45) is 3.06. The van der Waals surface area contributed by atoms with Crippen LogP contribution in [0.4, 0.5) is 0 Å². The van der Waals surface area contributed by atoms with Gasteiger partial charge in [-0.1, -0.05) is 6.07 Å². The van der Waals surface area contributed by atoms with Crippen molar-refractivity contribution in [2.75, 3.05) is 27.0 Å². The number of fused-ring (bicyclic) bond motifs is 1. The Labute approximate surface area is 121 Å². The van der Waals surface area contributed by atoms with Gasteiger partial charge in [0.25, 0.3) is 0 Å². The van der Waals surface area contributed by atoms with E-state index in [1.54, 1.807) is 0 Å². The third-order valence-corrected chi connectivity index (χ3v) is 4.18. The van der Waals surface area contributed by atoms with Crippen LogP contribution in [-0.4, -0.2) is 37.0 Å². The van der Waals surface area contributed by atoms with E-state index < -0.39 is 0 Å². The molecule has 2 rings (SSSR count). The second kappa shape index (κ2) is 6.46. The second-order valence-corrected chi connectivity index (χ2v) is 5.83. The highest BCUT2D eigenvalue weighted by Crippen LogP contribution is 2.37. The Bertz CT molecular complexity index is 445. The van der Waals surface area contributed by atoms with Gasteiger partial charge in [-0.3, -0.25) is 4.90 Å². The Hall–Kier alpha value is -1.26. The van der Waals surface area contributed by atoms with Crippen molar-refractivity contribution in [1.82, 2.24) is 4.90 Å². The number of nitrogens with zero attached hydrogens (tertiary/aromatic N) is 1. The van der Waals surface area contributed by atoms with E-state index in [1.165, 1.54) is 5.56 Å². The lowest BCUT2D eigenvalue weighted by atomic mass is 9.92. The van der Waals surface area contributed by atoms with Crippen LogP contribution in [0.5, 0.6) is 11.5 Å². The summed E-state index contributed by atoms with van der Waals surface area (Å²) in [5.41, 5.74) is 1.17. The molecule has 0 atom stereocenters. The number of ether oxygens (including phenoxy) is 2. The predicted octanol–water partition coefficient (Wildman–Crippen LogP) is 2.74. The second-order valence-electron chi connectivity index (χ2n) is 5.83. The average molecular weight is 279 g/mol. The molecule has 0 spiro atoms. The molecule has 0 aromatic heterocycles. The summed E-state index contributed by atoms with van der Waals surface area (Å²) >= 11 is 0. The van der Waals surface area contributed by atoms with Gasteiger partial charge in [0, 0.05) is 12.1 Å². The Morgan fingerprint density at radius 2 is 1.90 bits per heavy atom. The third-order valence-electron chi connectivity index (χ3n) is 4.18. The van der Waals surface area contributed by atoms with E-state index in [-0.39, 0.29) is 12.1 Å². The molecule has 4 nitrogen and oxygen atoms in total. The molecule has 0 bridgehead atoms. The van der Waals surface area contributed by atoms with Crippen LogP contribution >= 0.6 is 0 Å². The minimum absolute atomic E-state index is 0.0554. The number of benzene rings is 1. The molecule has 0 aliphatic carbocycles. The van der Waals surface area contributed by atoms with Gasteiger partial charge in [-0.2, -0.15) is 0 Å². The highest BCUT2D eigenvalue weighted by atomic mass is 16.7. The molecular formula is C16H25NO3. The lowest BCUT2D eigenvalue weighted by molar-refractivity contribution is 0.151.